The number of nitrogens with one attached hydrogen (secondary N) is 1. The van der Waals surface area contributed by atoms with Gasteiger partial charge in [0, 0.05) is 32.2 Å². The highest BCUT2D eigenvalue weighted by Crippen LogP contribution is 2.29. The Bertz CT molecular complexity index is 445. The lowest BCUT2D eigenvalue weighted by atomic mass is 9.86. The summed E-state index contributed by atoms with van der Waals surface area (Å²) in [5.74, 6) is 0. The third kappa shape index (κ3) is 6.46. The average Bonchev–Trinajstić information content (AvgIpc) is 2.48. The number of benzene rings is 1. The molecule has 1 N–H and O–H groups in total. The van der Waals surface area contributed by atoms with Gasteiger partial charge in [0.25, 0.3) is 0 Å². The number of hydrogen-bond donors (Lipinski definition) is 1. The Labute approximate surface area is 154 Å². The second-order valence-corrected chi connectivity index (χ2v) is 7.04. The van der Waals surface area contributed by atoms with Crippen molar-refractivity contribution in [2.75, 3.05) is 26.2 Å². The van der Waals surface area contributed by atoms with Crippen LogP contribution in [0.5, 0.6) is 0 Å². The fourth-order valence-corrected chi connectivity index (χ4v) is 3.03. The summed E-state index contributed by atoms with van der Waals surface area (Å²) < 4.78 is 0. The van der Waals surface area contributed by atoms with Crippen LogP contribution in [0, 0.1) is 0 Å². The summed E-state index contributed by atoms with van der Waals surface area (Å²) in [7, 11) is 0. The van der Waals surface area contributed by atoms with E-state index in [1.54, 1.807) is 0 Å². The molecule has 0 unspecified atom stereocenters. The first-order valence-electron chi connectivity index (χ1n) is 8.18. The molecular weight excluding hydrogens is 327 g/mol. The molecule has 1 heterocycles. The van der Waals surface area contributed by atoms with E-state index in [4.69, 9.17) is 0 Å². The van der Waals surface area contributed by atoms with Crippen molar-refractivity contribution < 1.29 is 0 Å². The van der Waals surface area contributed by atoms with E-state index in [2.05, 4.69) is 61.8 Å². The predicted octanol–water partition coefficient (Wildman–Crippen LogP) is 4.74. The summed E-state index contributed by atoms with van der Waals surface area (Å²) in [5.41, 5.74) is 3.09. The fraction of sp³-hybridized carbons (Fsp3) is 0.579. The molecule has 0 saturated carbocycles. The van der Waals surface area contributed by atoms with Crippen LogP contribution in [0.1, 0.15) is 50.8 Å². The van der Waals surface area contributed by atoms with Gasteiger partial charge in [-0.15, -0.1) is 31.4 Å². The van der Waals surface area contributed by atoms with Crippen LogP contribution in [0.15, 0.2) is 36.9 Å². The van der Waals surface area contributed by atoms with Gasteiger partial charge in [0.05, 0.1) is 0 Å². The van der Waals surface area contributed by atoms with Gasteiger partial charge < -0.3 is 5.32 Å². The molecule has 1 aromatic carbocycles. The maximum atomic E-state index is 3.89. The summed E-state index contributed by atoms with van der Waals surface area (Å²) in [6.07, 6.45) is 4.28. The van der Waals surface area contributed by atoms with Gasteiger partial charge in [-0.25, -0.2) is 0 Å². The van der Waals surface area contributed by atoms with E-state index in [1.165, 1.54) is 17.5 Å². The van der Waals surface area contributed by atoms with Crippen LogP contribution >= 0.6 is 24.8 Å². The van der Waals surface area contributed by atoms with Crippen LogP contribution in [0.4, 0.5) is 0 Å². The van der Waals surface area contributed by atoms with Gasteiger partial charge in [-0.05, 0) is 29.4 Å². The lowest BCUT2D eigenvalue weighted by Crippen LogP contribution is -2.45. The van der Waals surface area contributed by atoms with Crippen molar-refractivity contribution in [2.45, 2.75) is 45.1 Å². The Hall–Kier alpha value is -0.540. The van der Waals surface area contributed by atoms with E-state index in [9.17, 15) is 0 Å². The number of allylic oxidation sites excluding steroid dienone is 1. The van der Waals surface area contributed by atoms with Crippen molar-refractivity contribution in [3.05, 3.63) is 48.0 Å². The number of halogens is 2. The normalized spacial score (nSPS) is 16.8. The second kappa shape index (κ2) is 10.4. The molecule has 0 spiro atoms. The molecule has 1 fully saturated rings. The van der Waals surface area contributed by atoms with Crippen LogP contribution in [-0.2, 0) is 5.41 Å². The molecule has 1 aliphatic rings. The fourth-order valence-electron chi connectivity index (χ4n) is 3.03. The average molecular weight is 359 g/mol. The van der Waals surface area contributed by atoms with Crippen molar-refractivity contribution in [3.8, 4) is 0 Å². The smallest absolute Gasteiger partial charge is 0.0352 e. The number of piperazine rings is 1. The Balaban J connectivity index is 0.00000242. The third-order valence-electron chi connectivity index (χ3n) is 4.40. The number of rotatable bonds is 5. The van der Waals surface area contributed by atoms with Gasteiger partial charge in [0.1, 0.15) is 0 Å². The lowest BCUT2D eigenvalue weighted by Gasteiger charge is -2.35. The first-order chi connectivity index (χ1) is 10.0. The van der Waals surface area contributed by atoms with Gasteiger partial charge in [-0.3, -0.25) is 4.90 Å². The maximum absolute atomic E-state index is 3.89. The van der Waals surface area contributed by atoms with Gasteiger partial charge in [0.15, 0.2) is 0 Å². The molecule has 0 bridgehead atoms. The quantitative estimate of drug-likeness (QED) is 0.764. The van der Waals surface area contributed by atoms with Gasteiger partial charge >= 0.3 is 0 Å². The van der Waals surface area contributed by atoms with Crippen LogP contribution in [-0.4, -0.2) is 31.1 Å². The van der Waals surface area contributed by atoms with Crippen molar-refractivity contribution in [1.82, 2.24) is 10.2 Å². The minimum Gasteiger partial charge on any atom is -0.314 e. The molecule has 4 heteroatoms. The highest BCUT2D eigenvalue weighted by molar-refractivity contribution is 5.85. The molecule has 1 saturated heterocycles. The number of hydrogen-bond acceptors (Lipinski definition) is 2. The second-order valence-electron chi connectivity index (χ2n) is 7.04. The summed E-state index contributed by atoms with van der Waals surface area (Å²) in [4.78, 5) is 2.62. The van der Waals surface area contributed by atoms with E-state index in [0.29, 0.717) is 6.04 Å². The van der Waals surface area contributed by atoms with Gasteiger partial charge in [0.2, 0.25) is 0 Å². The molecular formula is C19H32Cl2N2. The molecule has 132 valence electrons. The molecule has 0 aromatic heterocycles. The Morgan fingerprint density at radius 2 is 1.70 bits per heavy atom. The van der Waals surface area contributed by atoms with Gasteiger partial charge in [-0.1, -0.05) is 51.1 Å². The lowest BCUT2D eigenvalue weighted by molar-refractivity contribution is 0.166. The molecule has 0 radical (unpaired) electrons. The van der Waals surface area contributed by atoms with E-state index >= 15 is 0 Å². The van der Waals surface area contributed by atoms with Crippen LogP contribution in [0.3, 0.4) is 0 Å². The van der Waals surface area contributed by atoms with E-state index in [-0.39, 0.29) is 30.2 Å². The molecule has 1 aromatic rings. The van der Waals surface area contributed by atoms with Crippen LogP contribution in [0.25, 0.3) is 0 Å². The number of nitrogens with zero attached hydrogens (tertiary/aromatic N) is 1. The zero-order valence-corrected chi connectivity index (χ0v) is 16.3. The van der Waals surface area contributed by atoms with Crippen molar-refractivity contribution in [1.29, 1.82) is 0 Å². The summed E-state index contributed by atoms with van der Waals surface area (Å²) in [6.45, 7) is 15.2. The summed E-state index contributed by atoms with van der Waals surface area (Å²) >= 11 is 0. The molecule has 23 heavy (non-hydrogen) atoms. The van der Waals surface area contributed by atoms with E-state index in [1.807, 2.05) is 6.08 Å². The minimum atomic E-state index is 0. The predicted molar refractivity (Wildman–Crippen MR) is 106 cm³/mol. The molecule has 0 aliphatic carbocycles. The van der Waals surface area contributed by atoms with Crippen molar-refractivity contribution in [2.24, 2.45) is 0 Å². The Morgan fingerprint density at radius 1 is 1.13 bits per heavy atom. The van der Waals surface area contributed by atoms with E-state index < -0.39 is 0 Å². The summed E-state index contributed by atoms with van der Waals surface area (Å²) in [5, 5.41) is 3.44. The maximum Gasteiger partial charge on any atom is 0.0352 e. The Kier molecular flexibility index (Phi) is 10.1. The highest BCUT2D eigenvalue weighted by atomic mass is 35.5. The molecule has 1 aliphatic heterocycles. The first-order valence-corrected chi connectivity index (χ1v) is 8.18. The van der Waals surface area contributed by atoms with E-state index in [0.717, 1.165) is 32.6 Å². The molecule has 2 rings (SSSR count). The topological polar surface area (TPSA) is 15.3 Å². The zero-order chi connectivity index (χ0) is 15.3. The van der Waals surface area contributed by atoms with Crippen molar-refractivity contribution >= 4 is 24.8 Å². The van der Waals surface area contributed by atoms with Gasteiger partial charge in [-0.2, -0.15) is 0 Å². The first kappa shape index (κ1) is 22.5. The van der Waals surface area contributed by atoms with Crippen molar-refractivity contribution in [3.63, 3.8) is 0 Å². The molecule has 1 atom stereocenters. The largest absolute Gasteiger partial charge is 0.314 e. The Morgan fingerprint density at radius 3 is 2.17 bits per heavy atom. The summed E-state index contributed by atoms with van der Waals surface area (Å²) in [6, 6.07) is 9.79. The van der Waals surface area contributed by atoms with Crippen LogP contribution < -0.4 is 5.32 Å². The molecule has 0 amide bonds. The zero-order valence-electron chi connectivity index (χ0n) is 14.7. The third-order valence-corrected chi connectivity index (χ3v) is 4.40. The van der Waals surface area contributed by atoms with Crippen LogP contribution in [0.2, 0.25) is 0 Å². The standard InChI is InChI=1S/C19H30N2.2ClH/c1-5-6-7-18(21-14-12-20-13-15-21)16-8-10-17(11-9-16)19(2,3)4;;/h5,8-11,18,20H,1,6-7,12-15H2,2-4H3;2*1H/t18-;;/m0../s1. The molecule has 2 nitrogen and oxygen atoms in total. The SMILES string of the molecule is C=CCC[C@@H](c1ccc(C(C)(C)C)cc1)N1CCNCC1.Cl.Cl. The minimum absolute atomic E-state index is 0. The monoisotopic (exact) mass is 358 g/mol. The highest BCUT2D eigenvalue weighted by Gasteiger charge is 2.22.